The predicted octanol–water partition coefficient (Wildman–Crippen LogP) is 2.81. The summed E-state index contributed by atoms with van der Waals surface area (Å²) in [4.78, 5) is 4.30. The Hall–Kier alpha value is -1.12. The van der Waals surface area contributed by atoms with E-state index in [1.165, 1.54) is 0 Å². The van der Waals surface area contributed by atoms with E-state index in [-0.39, 0.29) is 0 Å². The van der Waals surface area contributed by atoms with Crippen LogP contribution in [-0.4, -0.2) is 16.2 Å². The van der Waals surface area contributed by atoms with Crippen LogP contribution in [0, 0.1) is 0 Å². The van der Waals surface area contributed by atoms with Crippen LogP contribution in [0.25, 0.3) is 10.9 Å². The van der Waals surface area contributed by atoms with Gasteiger partial charge in [0.15, 0.2) is 0 Å². The van der Waals surface area contributed by atoms with Gasteiger partial charge in [0.05, 0.1) is 11.6 Å². The predicted molar refractivity (Wildman–Crippen MR) is 62.1 cm³/mol. The zero-order valence-electron chi connectivity index (χ0n) is 8.44. The van der Waals surface area contributed by atoms with E-state index in [2.05, 4.69) is 4.98 Å². The summed E-state index contributed by atoms with van der Waals surface area (Å²) in [6.45, 7) is 1.75. The molecule has 0 aliphatic carbocycles. The molecule has 0 amide bonds. The summed E-state index contributed by atoms with van der Waals surface area (Å²) in [5.41, 5.74) is 1.80. The molecule has 1 aromatic carbocycles. The van der Waals surface area contributed by atoms with Crippen LogP contribution in [-0.2, 0) is 6.42 Å². The first-order chi connectivity index (χ1) is 7.18. The maximum absolute atomic E-state index is 9.40. The summed E-state index contributed by atoms with van der Waals surface area (Å²) in [7, 11) is 0. The Bertz CT molecular complexity index is 482. The van der Waals surface area contributed by atoms with E-state index in [1.54, 1.807) is 13.1 Å². The molecule has 0 fully saturated rings. The standard InChI is InChI=1S/C12H12ClNO/c1-8(15)7-10-11(13)5-4-9-3-2-6-14-12(9)10/h2-6,8,15H,7H2,1H3. The molecule has 15 heavy (non-hydrogen) atoms. The van der Waals surface area contributed by atoms with Crippen LogP contribution in [0.4, 0.5) is 0 Å². The number of nitrogens with zero attached hydrogens (tertiary/aromatic N) is 1. The molecule has 0 saturated carbocycles. The number of hydrogen-bond donors (Lipinski definition) is 1. The molecule has 2 aromatic rings. The maximum atomic E-state index is 9.40. The van der Waals surface area contributed by atoms with Crippen molar-refractivity contribution in [3.05, 3.63) is 41.0 Å². The molecule has 1 heterocycles. The van der Waals surface area contributed by atoms with E-state index in [0.717, 1.165) is 16.5 Å². The molecular formula is C12H12ClNO. The average molecular weight is 222 g/mol. The number of aliphatic hydroxyl groups is 1. The smallest absolute Gasteiger partial charge is 0.0749 e. The van der Waals surface area contributed by atoms with Gasteiger partial charge in [-0.25, -0.2) is 0 Å². The molecule has 78 valence electrons. The quantitative estimate of drug-likeness (QED) is 0.846. The molecule has 1 atom stereocenters. The molecule has 0 radical (unpaired) electrons. The number of hydrogen-bond acceptors (Lipinski definition) is 2. The third-order valence-electron chi connectivity index (χ3n) is 2.32. The highest BCUT2D eigenvalue weighted by atomic mass is 35.5. The van der Waals surface area contributed by atoms with Gasteiger partial charge in [0.1, 0.15) is 0 Å². The van der Waals surface area contributed by atoms with Gasteiger partial charge in [-0.15, -0.1) is 0 Å². The van der Waals surface area contributed by atoms with Crippen LogP contribution in [0.1, 0.15) is 12.5 Å². The fourth-order valence-electron chi connectivity index (χ4n) is 1.67. The van der Waals surface area contributed by atoms with E-state index in [9.17, 15) is 5.11 Å². The van der Waals surface area contributed by atoms with E-state index in [0.29, 0.717) is 11.4 Å². The van der Waals surface area contributed by atoms with Crippen molar-refractivity contribution in [2.75, 3.05) is 0 Å². The van der Waals surface area contributed by atoms with Crippen molar-refractivity contribution >= 4 is 22.5 Å². The molecule has 3 heteroatoms. The number of fused-ring (bicyclic) bond motifs is 1. The number of aliphatic hydroxyl groups excluding tert-OH is 1. The second-order valence-electron chi connectivity index (χ2n) is 3.65. The lowest BCUT2D eigenvalue weighted by Crippen LogP contribution is -2.05. The number of pyridine rings is 1. The topological polar surface area (TPSA) is 33.1 Å². The van der Waals surface area contributed by atoms with E-state index >= 15 is 0 Å². The average Bonchev–Trinajstić information content (AvgIpc) is 2.22. The fourth-order valence-corrected chi connectivity index (χ4v) is 1.90. The van der Waals surface area contributed by atoms with E-state index in [4.69, 9.17) is 11.6 Å². The number of rotatable bonds is 2. The molecule has 0 aliphatic heterocycles. The lowest BCUT2D eigenvalue weighted by molar-refractivity contribution is 0.196. The zero-order valence-corrected chi connectivity index (χ0v) is 9.20. The first-order valence-electron chi connectivity index (χ1n) is 4.88. The minimum absolute atomic E-state index is 0.407. The first-order valence-corrected chi connectivity index (χ1v) is 5.26. The van der Waals surface area contributed by atoms with Crippen LogP contribution in [0.3, 0.4) is 0 Å². The first kappa shape index (κ1) is 10.4. The lowest BCUT2D eigenvalue weighted by atomic mass is 10.0. The second kappa shape index (κ2) is 4.17. The number of benzene rings is 1. The minimum atomic E-state index is -0.407. The van der Waals surface area contributed by atoms with Crippen molar-refractivity contribution in [3.8, 4) is 0 Å². The van der Waals surface area contributed by atoms with Gasteiger partial charge in [0.25, 0.3) is 0 Å². The fraction of sp³-hybridized carbons (Fsp3) is 0.250. The van der Waals surface area contributed by atoms with Gasteiger partial charge in [0.2, 0.25) is 0 Å². The van der Waals surface area contributed by atoms with Gasteiger partial charge < -0.3 is 5.11 Å². The highest BCUT2D eigenvalue weighted by Crippen LogP contribution is 2.25. The summed E-state index contributed by atoms with van der Waals surface area (Å²) in [6, 6.07) is 7.67. The van der Waals surface area contributed by atoms with E-state index < -0.39 is 6.10 Å². The molecule has 0 spiro atoms. The van der Waals surface area contributed by atoms with Gasteiger partial charge in [-0.2, -0.15) is 0 Å². The van der Waals surface area contributed by atoms with Crippen molar-refractivity contribution in [2.45, 2.75) is 19.4 Å². The summed E-state index contributed by atoms with van der Waals surface area (Å²) < 4.78 is 0. The monoisotopic (exact) mass is 221 g/mol. The number of aromatic nitrogens is 1. The highest BCUT2D eigenvalue weighted by Gasteiger charge is 2.09. The molecule has 1 aromatic heterocycles. The Morgan fingerprint density at radius 1 is 1.40 bits per heavy atom. The van der Waals surface area contributed by atoms with Crippen LogP contribution in [0.5, 0.6) is 0 Å². The lowest BCUT2D eigenvalue weighted by Gasteiger charge is -2.09. The normalized spacial score (nSPS) is 13.0. The van der Waals surface area contributed by atoms with E-state index in [1.807, 2.05) is 24.3 Å². The molecule has 0 saturated heterocycles. The maximum Gasteiger partial charge on any atom is 0.0749 e. The SMILES string of the molecule is CC(O)Cc1c(Cl)ccc2cccnc12. The van der Waals surface area contributed by atoms with Crippen LogP contribution in [0.2, 0.25) is 5.02 Å². The molecule has 1 N–H and O–H groups in total. The molecule has 1 unspecified atom stereocenters. The van der Waals surface area contributed by atoms with Crippen LogP contribution in [0.15, 0.2) is 30.5 Å². The van der Waals surface area contributed by atoms with Gasteiger partial charge in [-0.05, 0) is 24.6 Å². The molecular weight excluding hydrogens is 210 g/mol. The summed E-state index contributed by atoms with van der Waals surface area (Å²) >= 11 is 6.10. The van der Waals surface area contributed by atoms with Gasteiger partial charge >= 0.3 is 0 Å². The Balaban J connectivity index is 2.63. The molecule has 2 rings (SSSR count). The molecule has 0 bridgehead atoms. The largest absolute Gasteiger partial charge is 0.393 e. The molecule has 0 aliphatic rings. The van der Waals surface area contributed by atoms with Gasteiger partial charge in [-0.1, -0.05) is 23.7 Å². The highest BCUT2D eigenvalue weighted by molar-refractivity contribution is 6.32. The van der Waals surface area contributed by atoms with Gasteiger partial charge in [-0.3, -0.25) is 4.98 Å². The van der Waals surface area contributed by atoms with Crippen molar-refractivity contribution < 1.29 is 5.11 Å². The van der Waals surface area contributed by atoms with Crippen molar-refractivity contribution in [1.29, 1.82) is 0 Å². The van der Waals surface area contributed by atoms with Crippen molar-refractivity contribution in [3.63, 3.8) is 0 Å². The minimum Gasteiger partial charge on any atom is -0.393 e. The third-order valence-corrected chi connectivity index (χ3v) is 2.68. The summed E-state index contributed by atoms with van der Waals surface area (Å²) in [5, 5.41) is 11.1. The van der Waals surface area contributed by atoms with Crippen molar-refractivity contribution in [2.24, 2.45) is 0 Å². The van der Waals surface area contributed by atoms with Crippen LogP contribution < -0.4 is 0 Å². The Kier molecular flexibility index (Phi) is 2.89. The Morgan fingerprint density at radius 3 is 2.93 bits per heavy atom. The second-order valence-corrected chi connectivity index (χ2v) is 4.06. The zero-order chi connectivity index (χ0) is 10.8. The third kappa shape index (κ3) is 2.11. The summed E-state index contributed by atoms with van der Waals surface area (Å²) in [5.74, 6) is 0. The van der Waals surface area contributed by atoms with Gasteiger partial charge in [0, 0.05) is 23.0 Å². The Labute approximate surface area is 93.5 Å². The van der Waals surface area contributed by atoms with Crippen LogP contribution >= 0.6 is 11.6 Å². The van der Waals surface area contributed by atoms with Crippen molar-refractivity contribution in [1.82, 2.24) is 4.98 Å². The molecule has 2 nitrogen and oxygen atoms in total. The number of halogens is 1. The summed E-state index contributed by atoms with van der Waals surface area (Å²) in [6.07, 6.45) is 1.87. The Morgan fingerprint density at radius 2 is 2.20 bits per heavy atom.